The molecule has 6 aliphatic rings. The average molecular weight is 505 g/mol. The standard InChI is InChI=1S/C32H32N4S/c1-15-27-28(16(2)30-29(15)35-37-36-30)34-32(26-23-11-12-24(26)18-6-3-5-17(23)13-18)31(33-27)25-21-7-4-8-22(25)20-10-9-19(21)14-20/h25-26H,3-14H2,1-2H3. The predicted molar refractivity (Wildman–Crippen MR) is 149 cm³/mol. The number of nitrogens with zero attached hydrogens (tertiary/aromatic N) is 4. The molecule has 3 aromatic rings. The molecule has 0 unspecified atom stereocenters. The van der Waals surface area contributed by atoms with Gasteiger partial charge in [0.1, 0.15) is 11.0 Å². The Morgan fingerprint density at radius 3 is 1.46 bits per heavy atom. The summed E-state index contributed by atoms with van der Waals surface area (Å²) in [7, 11) is 0. The van der Waals surface area contributed by atoms with Crippen LogP contribution in [-0.4, -0.2) is 18.7 Å². The summed E-state index contributed by atoms with van der Waals surface area (Å²) in [6, 6.07) is 0. The van der Waals surface area contributed by atoms with Gasteiger partial charge in [0.05, 0.1) is 34.1 Å². The van der Waals surface area contributed by atoms with Crippen molar-refractivity contribution in [3.63, 3.8) is 0 Å². The van der Waals surface area contributed by atoms with Crippen molar-refractivity contribution in [3.05, 3.63) is 67.1 Å². The number of hydrogen-bond acceptors (Lipinski definition) is 5. The summed E-state index contributed by atoms with van der Waals surface area (Å²) >= 11 is 1.32. The van der Waals surface area contributed by atoms with Crippen LogP contribution >= 0.6 is 11.7 Å². The molecule has 9 rings (SSSR count). The van der Waals surface area contributed by atoms with Gasteiger partial charge in [0.25, 0.3) is 0 Å². The molecule has 6 aliphatic carbocycles. The van der Waals surface area contributed by atoms with E-state index < -0.39 is 0 Å². The van der Waals surface area contributed by atoms with Gasteiger partial charge < -0.3 is 0 Å². The molecule has 37 heavy (non-hydrogen) atoms. The predicted octanol–water partition coefficient (Wildman–Crippen LogP) is 8.37. The molecule has 0 amide bonds. The molecule has 8 bridgehead atoms. The van der Waals surface area contributed by atoms with Gasteiger partial charge in [-0.3, -0.25) is 0 Å². The molecule has 0 aliphatic heterocycles. The molecule has 2 heterocycles. The first-order valence-electron chi connectivity index (χ1n) is 14.4. The minimum Gasteiger partial charge on any atom is -0.248 e. The largest absolute Gasteiger partial charge is 0.248 e. The first-order valence-corrected chi connectivity index (χ1v) is 15.2. The fourth-order valence-corrected chi connectivity index (χ4v) is 9.67. The van der Waals surface area contributed by atoms with Crippen LogP contribution < -0.4 is 0 Å². The Labute approximate surface area is 222 Å². The number of benzene rings is 1. The van der Waals surface area contributed by atoms with Crippen molar-refractivity contribution in [3.8, 4) is 0 Å². The molecule has 4 nitrogen and oxygen atoms in total. The van der Waals surface area contributed by atoms with E-state index in [0.717, 1.165) is 33.2 Å². The lowest BCUT2D eigenvalue weighted by Crippen LogP contribution is -2.23. The van der Waals surface area contributed by atoms with E-state index in [1.807, 2.05) is 0 Å². The molecule has 0 atom stereocenters. The van der Waals surface area contributed by atoms with Crippen molar-refractivity contribution >= 4 is 33.8 Å². The van der Waals surface area contributed by atoms with Crippen LogP contribution in [0.15, 0.2) is 44.6 Å². The Balaban J connectivity index is 1.38. The maximum absolute atomic E-state index is 5.69. The highest BCUT2D eigenvalue weighted by Crippen LogP contribution is 2.59. The van der Waals surface area contributed by atoms with E-state index in [-0.39, 0.29) is 0 Å². The molecular formula is C32H32N4S. The number of aryl methyl sites for hydroxylation is 2. The van der Waals surface area contributed by atoms with Gasteiger partial charge in [-0.2, -0.15) is 8.75 Å². The zero-order valence-corrected chi connectivity index (χ0v) is 22.7. The van der Waals surface area contributed by atoms with Gasteiger partial charge >= 0.3 is 0 Å². The fraction of sp³-hybridized carbons (Fsp3) is 0.500. The molecule has 2 aromatic heterocycles. The SMILES string of the molecule is Cc1c2nsnc2c(C)c2nc(C3C4=C5CCCC(=C3CC4)C5)c(C3C4=C5CCC(=C3CCC4)C5)nc12. The van der Waals surface area contributed by atoms with Crippen molar-refractivity contribution < 1.29 is 0 Å². The number of aromatic nitrogens is 4. The smallest absolute Gasteiger partial charge is 0.110 e. The van der Waals surface area contributed by atoms with Gasteiger partial charge in [0, 0.05) is 23.0 Å². The highest BCUT2D eigenvalue weighted by Gasteiger charge is 2.44. The maximum atomic E-state index is 5.69. The van der Waals surface area contributed by atoms with Crippen molar-refractivity contribution in [1.82, 2.24) is 18.7 Å². The summed E-state index contributed by atoms with van der Waals surface area (Å²) in [5.41, 5.74) is 22.8. The summed E-state index contributed by atoms with van der Waals surface area (Å²) in [4.78, 5) is 11.4. The van der Waals surface area contributed by atoms with Gasteiger partial charge in [-0.15, -0.1) is 0 Å². The van der Waals surface area contributed by atoms with Crippen LogP contribution in [0.4, 0.5) is 0 Å². The third-order valence-electron chi connectivity index (χ3n) is 10.7. The second-order valence-corrected chi connectivity index (χ2v) is 12.9. The summed E-state index contributed by atoms with van der Waals surface area (Å²) < 4.78 is 9.35. The van der Waals surface area contributed by atoms with E-state index in [9.17, 15) is 0 Å². The molecule has 4 saturated carbocycles. The van der Waals surface area contributed by atoms with Crippen LogP contribution in [-0.2, 0) is 0 Å². The summed E-state index contributed by atoms with van der Waals surface area (Å²) in [5, 5.41) is 0. The minimum absolute atomic E-state index is 0.364. The van der Waals surface area contributed by atoms with E-state index in [4.69, 9.17) is 9.97 Å². The van der Waals surface area contributed by atoms with Crippen LogP contribution in [0.1, 0.15) is 111 Å². The second kappa shape index (κ2) is 7.47. The Bertz CT molecular complexity index is 1660. The Morgan fingerprint density at radius 2 is 0.946 bits per heavy atom. The monoisotopic (exact) mass is 504 g/mol. The zero-order chi connectivity index (χ0) is 24.4. The van der Waals surface area contributed by atoms with E-state index in [1.165, 1.54) is 100 Å². The average Bonchev–Trinajstić information content (AvgIpc) is 3.67. The van der Waals surface area contributed by atoms with Crippen LogP contribution in [0.3, 0.4) is 0 Å². The van der Waals surface area contributed by atoms with Crippen LogP contribution in [0.2, 0.25) is 0 Å². The molecule has 5 heteroatoms. The van der Waals surface area contributed by atoms with Crippen LogP contribution in [0.5, 0.6) is 0 Å². The van der Waals surface area contributed by atoms with Crippen LogP contribution in [0.25, 0.3) is 22.1 Å². The van der Waals surface area contributed by atoms with Gasteiger partial charge in [-0.25, -0.2) is 9.97 Å². The number of rotatable bonds is 2. The lowest BCUT2D eigenvalue weighted by atomic mass is 9.69. The van der Waals surface area contributed by atoms with Gasteiger partial charge in [-0.1, -0.05) is 44.6 Å². The summed E-state index contributed by atoms with van der Waals surface area (Å²) in [6.45, 7) is 4.37. The normalized spacial score (nSPS) is 23.6. The minimum atomic E-state index is 0.364. The summed E-state index contributed by atoms with van der Waals surface area (Å²) in [5.74, 6) is 0.731. The molecule has 186 valence electrons. The molecular weight excluding hydrogens is 472 g/mol. The number of allylic oxidation sites excluding steroid dienone is 8. The molecule has 1 aromatic carbocycles. The summed E-state index contributed by atoms with van der Waals surface area (Å²) in [6.07, 6.45) is 15.2. The van der Waals surface area contributed by atoms with E-state index >= 15 is 0 Å². The van der Waals surface area contributed by atoms with Crippen LogP contribution in [0, 0.1) is 13.8 Å². The Hall–Kier alpha value is -2.66. The first-order chi connectivity index (χ1) is 18.2. The lowest BCUT2D eigenvalue weighted by molar-refractivity contribution is 0.608. The second-order valence-electron chi connectivity index (χ2n) is 12.3. The fourth-order valence-electron chi connectivity index (χ4n) is 9.02. The van der Waals surface area contributed by atoms with E-state index in [1.54, 1.807) is 44.6 Å². The van der Waals surface area contributed by atoms with E-state index in [2.05, 4.69) is 22.6 Å². The molecule has 0 N–H and O–H groups in total. The van der Waals surface area contributed by atoms with Crippen molar-refractivity contribution in [2.75, 3.05) is 0 Å². The van der Waals surface area contributed by atoms with Gasteiger partial charge in [-0.05, 0) is 90.9 Å². The molecule has 0 spiro atoms. The zero-order valence-electron chi connectivity index (χ0n) is 21.8. The molecule has 4 fully saturated rings. The lowest BCUT2D eigenvalue weighted by Gasteiger charge is -2.37. The van der Waals surface area contributed by atoms with E-state index in [0.29, 0.717) is 11.8 Å². The third kappa shape index (κ3) is 2.74. The van der Waals surface area contributed by atoms with Crippen molar-refractivity contribution in [1.29, 1.82) is 0 Å². The van der Waals surface area contributed by atoms with Gasteiger partial charge in [0.15, 0.2) is 0 Å². The quantitative estimate of drug-likeness (QED) is 0.329. The van der Waals surface area contributed by atoms with Crippen molar-refractivity contribution in [2.45, 2.75) is 103 Å². The Morgan fingerprint density at radius 1 is 0.514 bits per heavy atom. The molecule has 0 saturated heterocycles. The topological polar surface area (TPSA) is 51.6 Å². The third-order valence-corrected chi connectivity index (χ3v) is 11.2. The first kappa shape index (κ1) is 21.3. The molecule has 0 radical (unpaired) electrons. The number of hydrogen-bond donors (Lipinski definition) is 0. The highest BCUT2D eigenvalue weighted by molar-refractivity contribution is 7.00. The Kier molecular flexibility index (Phi) is 4.30. The number of fused-ring (bicyclic) bond motifs is 10. The highest BCUT2D eigenvalue weighted by atomic mass is 32.1. The van der Waals surface area contributed by atoms with Gasteiger partial charge in [0.2, 0.25) is 0 Å². The van der Waals surface area contributed by atoms with Crippen molar-refractivity contribution in [2.24, 2.45) is 0 Å². The maximum Gasteiger partial charge on any atom is 0.110 e.